The lowest BCUT2D eigenvalue weighted by Crippen LogP contribution is -2.05. The van der Waals surface area contributed by atoms with Gasteiger partial charge >= 0.3 is 0 Å². The zero-order chi connectivity index (χ0) is 9.14. The molecule has 2 nitrogen and oxygen atoms in total. The van der Waals surface area contributed by atoms with Gasteiger partial charge in [-0.15, -0.1) is 0 Å². The Labute approximate surface area is 82.1 Å². The lowest BCUT2D eigenvalue weighted by atomic mass is 10.1. The van der Waals surface area contributed by atoms with E-state index in [9.17, 15) is 0 Å². The van der Waals surface area contributed by atoms with Crippen LogP contribution in [-0.2, 0) is 13.0 Å². The Morgan fingerprint density at radius 1 is 1.58 bits per heavy atom. The number of hydrogen-bond acceptors (Lipinski definition) is 1. The van der Waals surface area contributed by atoms with E-state index < -0.39 is 0 Å². The third kappa shape index (κ3) is 2.09. The van der Waals surface area contributed by atoms with E-state index >= 15 is 0 Å². The molecule has 0 unspecified atom stereocenters. The SMILES string of the molecule is CCn1ncc(Br)c1CC(C)C. The molecule has 68 valence electrons. The second-order valence-electron chi connectivity index (χ2n) is 3.35. The molecule has 1 aromatic heterocycles. The molecular weight excluding hydrogens is 216 g/mol. The van der Waals surface area contributed by atoms with Crippen LogP contribution in [0, 0.1) is 5.92 Å². The molecule has 0 fully saturated rings. The quantitative estimate of drug-likeness (QED) is 0.782. The normalized spacial score (nSPS) is 11.1. The van der Waals surface area contributed by atoms with Crippen LogP contribution in [0.4, 0.5) is 0 Å². The van der Waals surface area contributed by atoms with Crippen molar-refractivity contribution in [1.29, 1.82) is 0 Å². The third-order valence-electron chi connectivity index (χ3n) is 1.80. The van der Waals surface area contributed by atoms with Gasteiger partial charge in [0.1, 0.15) is 0 Å². The summed E-state index contributed by atoms with van der Waals surface area (Å²) in [5.74, 6) is 0.684. The van der Waals surface area contributed by atoms with Gasteiger partial charge in [-0.2, -0.15) is 5.10 Å². The van der Waals surface area contributed by atoms with E-state index in [1.165, 1.54) is 5.69 Å². The first-order valence-electron chi connectivity index (χ1n) is 4.35. The van der Waals surface area contributed by atoms with Gasteiger partial charge in [-0.05, 0) is 35.2 Å². The highest BCUT2D eigenvalue weighted by molar-refractivity contribution is 9.10. The molecule has 0 bridgehead atoms. The summed E-state index contributed by atoms with van der Waals surface area (Å²) in [6.07, 6.45) is 2.97. The van der Waals surface area contributed by atoms with Crippen molar-refractivity contribution in [3.05, 3.63) is 16.4 Å². The highest BCUT2D eigenvalue weighted by Crippen LogP contribution is 2.19. The molecule has 0 saturated heterocycles. The maximum Gasteiger partial charge on any atom is 0.0635 e. The van der Waals surface area contributed by atoms with Crippen LogP contribution in [0.3, 0.4) is 0 Å². The lowest BCUT2D eigenvalue weighted by molar-refractivity contribution is 0.561. The van der Waals surface area contributed by atoms with Gasteiger partial charge in [0.25, 0.3) is 0 Å². The van der Waals surface area contributed by atoms with Crippen LogP contribution in [0.25, 0.3) is 0 Å². The Hall–Kier alpha value is -0.310. The van der Waals surface area contributed by atoms with E-state index in [0.29, 0.717) is 5.92 Å². The van der Waals surface area contributed by atoms with Crippen LogP contribution in [0.1, 0.15) is 26.5 Å². The summed E-state index contributed by atoms with van der Waals surface area (Å²) >= 11 is 3.50. The molecule has 12 heavy (non-hydrogen) atoms. The number of nitrogens with zero attached hydrogens (tertiary/aromatic N) is 2. The first-order valence-corrected chi connectivity index (χ1v) is 5.14. The van der Waals surface area contributed by atoms with Crippen molar-refractivity contribution in [1.82, 2.24) is 9.78 Å². The second kappa shape index (κ2) is 4.08. The van der Waals surface area contributed by atoms with Crippen molar-refractivity contribution in [2.75, 3.05) is 0 Å². The fourth-order valence-electron chi connectivity index (χ4n) is 1.25. The number of aryl methyl sites for hydroxylation is 1. The maximum absolute atomic E-state index is 4.26. The molecule has 0 N–H and O–H groups in total. The predicted octanol–water partition coefficient (Wildman–Crippen LogP) is 2.86. The Bertz CT molecular complexity index is 253. The fraction of sp³-hybridized carbons (Fsp3) is 0.667. The minimum atomic E-state index is 0.684. The molecule has 0 saturated carbocycles. The van der Waals surface area contributed by atoms with Crippen LogP contribution in [0.2, 0.25) is 0 Å². The summed E-state index contributed by atoms with van der Waals surface area (Å²) in [5, 5.41) is 4.26. The van der Waals surface area contributed by atoms with Gasteiger partial charge in [-0.25, -0.2) is 0 Å². The third-order valence-corrected chi connectivity index (χ3v) is 2.46. The largest absolute Gasteiger partial charge is 0.269 e. The van der Waals surface area contributed by atoms with Gasteiger partial charge in [-0.3, -0.25) is 4.68 Å². The molecule has 0 amide bonds. The number of rotatable bonds is 3. The number of hydrogen-bond donors (Lipinski definition) is 0. The van der Waals surface area contributed by atoms with E-state index in [0.717, 1.165) is 17.4 Å². The van der Waals surface area contributed by atoms with E-state index in [1.54, 1.807) is 0 Å². The molecule has 1 heterocycles. The monoisotopic (exact) mass is 230 g/mol. The van der Waals surface area contributed by atoms with E-state index in [2.05, 4.69) is 41.8 Å². The van der Waals surface area contributed by atoms with E-state index in [-0.39, 0.29) is 0 Å². The van der Waals surface area contributed by atoms with Crippen molar-refractivity contribution < 1.29 is 0 Å². The highest BCUT2D eigenvalue weighted by Gasteiger charge is 2.08. The van der Waals surface area contributed by atoms with Crippen LogP contribution in [0.5, 0.6) is 0 Å². The van der Waals surface area contributed by atoms with Gasteiger partial charge in [0.2, 0.25) is 0 Å². The van der Waals surface area contributed by atoms with Crippen molar-refractivity contribution in [2.45, 2.75) is 33.7 Å². The van der Waals surface area contributed by atoms with E-state index in [4.69, 9.17) is 0 Å². The van der Waals surface area contributed by atoms with Gasteiger partial charge in [-0.1, -0.05) is 13.8 Å². The Balaban J connectivity index is 2.86. The van der Waals surface area contributed by atoms with Crippen LogP contribution in [-0.4, -0.2) is 9.78 Å². The van der Waals surface area contributed by atoms with Gasteiger partial charge < -0.3 is 0 Å². The number of aromatic nitrogens is 2. The minimum absolute atomic E-state index is 0.684. The summed E-state index contributed by atoms with van der Waals surface area (Å²) in [6.45, 7) is 7.51. The van der Waals surface area contributed by atoms with Crippen LogP contribution >= 0.6 is 15.9 Å². The van der Waals surface area contributed by atoms with Crippen molar-refractivity contribution in [2.24, 2.45) is 5.92 Å². The Morgan fingerprint density at radius 3 is 2.75 bits per heavy atom. The summed E-state index contributed by atoms with van der Waals surface area (Å²) in [7, 11) is 0. The van der Waals surface area contributed by atoms with Crippen molar-refractivity contribution in [3.63, 3.8) is 0 Å². The molecule has 1 aromatic rings. The van der Waals surface area contributed by atoms with E-state index in [1.807, 2.05) is 10.9 Å². The zero-order valence-corrected chi connectivity index (χ0v) is 9.43. The molecule has 0 aromatic carbocycles. The molecule has 0 aliphatic rings. The molecular formula is C9H15BrN2. The average Bonchev–Trinajstić information content (AvgIpc) is 2.32. The van der Waals surface area contributed by atoms with Crippen molar-refractivity contribution >= 4 is 15.9 Å². The highest BCUT2D eigenvalue weighted by atomic mass is 79.9. The summed E-state index contributed by atoms with van der Waals surface area (Å²) in [6, 6.07) is 0. The first kappa shape index (κ1) is 9.78. The summed E-state index contributed by atoms with van der Waals surface area (Å²) < 4.78 is 3.18. The smallest absolute Gasteiger partial charge is 0.0635 e. The number of halogens is 1. The second-order valence-corrected chi connectivity index (χ2v) is 4.21. The first-order chi connectivity index (χ1) is 5.65. The van der Waals surface area contributed by atoms with Gasteiger partial charge in [0, 0.05) is 6.54 Å². The lowest BCUT2D eigenvalue weighted by Gasteiger charge is -2.07. The molecule has 0 spiro atoms. The average molecular weight is 231 g/mol. The topological polar surface area (TPSA) is 17.8 Å². The summed E-state index contributed by atoms with van der Waals surface area (Å²) in [5.41, 5.74) is 1.31. The van der Waals surface area contributed by atoms with Crippen LogP contribution in [0.15, 0.2) is 10.7 Å². The molecule has 0 atom stereocenters. The minimum Gasteiger partial charge on any atom is -0.269 e. The standard InChI is InChI=1S/C9H15BrN2/c1-4-12-9(5-7(2)3)8(10)6-11-12/h6-7H,4-5H2,1-3H3. The molecule has 0 radical (unpaired) electrons. The molecule has 1 rings (SSSR count). The van der Waals surface area contributed by atoms with Gasteiger partial charge in [0.05, 0.1) is 16.4 Å². The molecule has 0 aliphatic heterocycles. The Morgan fingerprint density at radius 2 is 2.25 bits per heavy atom. The predicted molar refractivity (Wildman–Crippen MR) is 54.1 cm³/mol. The molecule has 3 heteroatoms. The fourth-order valence-corrected chi connectivity index (χ4v) is 1.71. The van der Waals surface area contributed by atoms with Gasteiger partial charge in [0.15, 0.2) is 0 Å². The maximum atomic E-state index is 4.26. The van der Waals surface area contributed by atoms with Crippen molar-refractivity contribution in [3.8, 4) is 0 Å². The molecule has 0 aliphatic carbocycles. The zero-order valence-electron chi connectivity index (χ0n) is 7.84. The van der Waals surface area contributed by atoms with Crippen LogP contribution < -0.4 is 0 Å². The summed E-state index contributed by atoms with van der Waals surface area (Å²) in [4.78, 5) is 0. The Kier molecular flexibility index (Phi) is 3.32.